The van der Waals surface area contributed by atoms with Gasteiger partial charge < -0.3 is 9.80 Å². The number of carbonyl (C=O) groups is 2. The second-order valence-electron chi connectivity index (χ2n) is 7.73. The smallest absolute Gasteiger partial charge is 0.237 e. The van der Waals surface area contributed by atoms with Crippen LogP contribution in [0.4, 0.5) is 4.39 Å². The van der Waals surface area contributed by atoms with Gasteiger partial charge in [-0.05, 0) is 47.5 Å². The zero-order chi connectivity index (χ0) is 21.1. The third-order valence-electron chi connectivity index (χ3n) is 5.88. The number of thiophene rings is 1. The summed E-state index contributed by atoms with van der Waals surface area (Å²) in [5.74, 6) is -0.328. The molecule has 4 rings (SSSR count). The van der Waals surface area contributed by atoms with Crippen molar-refractivity contribution < 1.29 is 14.0 Å². The molecule has 0 N–H and O–H groups in total. The first kappa shape index (κ1) is 21.3. The normalized spacial score (nSPS) is 20.0. The zero-order valence-corrected chi connectivity index (χ0v) is 18.3. The summed E-state index contributed by atoms with van der Waals surface area (Å²) in [5, 5.41) is 2.07. The summed E-state index contributed by atoms with van der Waals surface area (Å²) in [5.41, 5.74) is 2.04. The lowest BCUT2D eigenvalue weighted by atomic mass is 9.93. The Morgan fingerprint density at radius 3 is 2.57 bits per heavy atom. The van der Waals surface area contributed by atoms with Gasteiger partial charge in [0.15, 0.2) is 0 Å². The van der Waals surface area contributed by atoms with Gasteiger partial charge in [0.25, 0.3) is 0 Å². The SMILES string of the molecule is O=C(CCl)N1CCCN(C(=O)CN2CCc3sccc3C2c2cccc(F)c2)CC1. The number of benzene rings is 1. The molecule has 8 heteroatoms. The van der Waals surface area contributed by atoms with Gasteiger partial charge in [-0.25, -0.2) is 4.39 Å². The Bertz CT molecular complexity index is 921. The van der Waals surface area contributed by atoms with Crippen molar-refractivity contribution in [3.05, 3.63) is 57.5 Å². The summed E-state index contributed by atoms with van der Waals surface area (Å²) in [7, 11) is 0. The maximum absolute atomic E-state index is 13.9. The number of fused-ring (bicyclic) bond motifs is 1. The molecule has 30 heavy (non-hydrogen) atoms. The van der Waals surface area contributed by atoms with Gasteiger partial charge in [0, 0.05) is 37.6 Å². The van der Waals surface area contributed by atoms with Crippen LogP contribution in [0, 0.1) is 5.82 Å². The molecule has 1 atom stereocenters. The van der Waals surface area contributed by atoms with E-state index in [1.807, 2.05) is 11.0 Å². The molecular formula is C22H25ClFN3O2S. The Morgan fingerprint density at radius 2 is 1.83 bits per heavy atom. The highest BCUT2D eigenvalue weighted by molar-refractivity contribution is 7.10. The van der Waals surface area contributed by atoms with E-state index < -0.39 is 0 Å². The van der Waals surface area contributed by atoms with Crippen LogP contribution in [0.25, 0.3) is 0 Å². The number of rotatable bonds is 4. The summed E-state index contributed by atoms with van der Waals surface area (Å²) < 4.78 is 13.9. The van der Waals surface area contributed by atoms with Gasteiger partial charge >= 0.3 is 0 Å². The largest absolute Gasteiger partial charge is 0.340 e. The molecule has 1 saturated heterocycles. The molecule has 2 aromatic rings. The average Bonchev–Trinajstić information content (AvgIpc) is 3.08. The monoisotopic (exact) mass is 449 g/mol. The summed E-state index contributed by atoms with van der Waals surface area (Å²) >= 11 is 7.40. The van der Waals surface area contributed by atoms with Crippen LogP contribution in [-0.2, 0) is 16.0 Å². The van der Waals surface area contributed by atoms with Crippen molar-refractivity contribution in [3.8, 4) is 0 Å². The van der Waals surface area contributed by atoms with Crippen LogP contribution >= 0.6 is 22.9 Å². The Kier molecular flexibility index (Phi) is 6.71. The Labute approximate surface area is 185 Å². The summed E-state index contributed by atoms with van der Waals surface area (Å²) in [6.07, 6.45) is 1.64. The van der Waals surface area contributed by atoms with Crippen molar-refractivity contribution in [2.45, 2.75) is 18.9 Å². The molecule has 1 fully saturated rings. The fraction of sp³-hybridized carbons (Fsp3) is 0.455. The molecule has 0 saturated carbocycles. The molecule has 2 aliphatic rings. The molecule has 0 radical (unpaired) electrons. The van der Waals surface area contributed by atoms with Crippen molar-refractivity contribution in [2.75, 3.05) is 45.1 Å². The number of carbonyl (C=O) groups excluding carboxylic acids is 2. The van der Waals surface area contributed by atoms with E-state index in [-0.39, 0.29) is 36.1 Å². The lowest BCUT2D eigenvalue weighted by molar-refractivity contribution is -0.133. The zero-order valence-electron chi connectivity index (χ0n) is 16.7. The number of amides is 2. The van der Waals surface area contributed by atoms with Crippen LogP contribution in [0.1, 0.15) is 28.5 Å². The maximum atomic E-state index is 13.9. The van der Waals surface area contributed by atoms with E-state index in [0.717, 1.165) is 24.9 Å². The van der Waals surface area contributed by atoms with Gasteiger partial charge in [0.05, 0.1) is 12.6 Å². The van der Waals surface area contributed by atoms with Crippen molar-refractivity contribution in [1.29, 1.82) is 0 Å². The summed E-state index contributed by atoms with van der Waals surface area (Å²) in [4.78, 5) is 32.1. The molecule has 1 aromatic carbocycles. The quantitative estimate of drug-likeness (QED) is 0.673. The van der Waals surface area contributed by atoms with E-state index in [1.54, 1.807) is 28.4 Å². The summed E-state index contributed by atoms with van der Waals surface area (Å²) in [6.45, 7) is 3.32. The highest BCUT2D eigenvalue weighted by Gasteiger charge is 2.32. The predicted octanol–water partition coefficient (Wildman–Crippen LogP) is 3.13. The minimum atomic E-state index is -0.266. The molecule has 1 aromatic heterocycles. The van der Waals surface area contributed by atoms with Crippen LogP contribution < -0.4 is 0 Å². The third-order valence-corrected chi connectivity index (χ3v) is 7.11. The molecule has 0 aliphatic carbocycles. The first-order chi connectivity index (χ1) is 14.6. The number of hydrogen-bond acceptors (Lipinski definition) is 4. The Morgan fingerprint density at radius 1 is 1.07 bits per heavy atom. The lowest BCUT2D eigenvalue weighted by Gasteiger charge is -2.37. The molecule has 2 aliphatic heterocycles. The number of alkyl halides is 1. The average molecular weight is 450 g/mol. The van der Waals surface area contributed by atoms with Crippen molar-refractivity contribution in [2.24, 2.45) is 0 Å². The van der Waals surface area contributed by atoms with E-state index >= 15 is 0 Å². The van der Waals surface area contributed by atoms with E-state index in [0.29, 0.717) is 26.2 Å². The highest BCUT2D eigenvalue weighted by atomic mass is 35.5. The van der Waals surface area contributed by atoms with Gasteiger partial charge in [-0.2, -0.15) is 0 Å². The van der Waals surface area contributed by atoms with Crippen LogP contribution in [-0.4, -0.2) is 71.7 Å². The molecule has 160 valence electrons. The van der Waals surface area contributed by atoms with Crippen LogP contribution in [0.3, 0.4) is 0 Å². The molecule has 2 amide bonds. The van der Waals surface area contributed by atoms with E-state index in [1.165, 1.54) is 16.5 Å². The van der Waals surface area contributed by atoms with Crippen molar-refractivity contribution in [3.63, 3.8) is 0 Å². The minimum Gasteiger partial charge on any atom is -0.340 e. The second kappa shape index (κ2) is 9.45. The molecule has 0 bridgehead atoms. The topological polar surface area (TPSA) is 43.9 Å². The standard InChI is InChI=1S/C22H25ClFN3O2S/c23-14-20(28)25-7-2-8-26(11-10-25)21(29)15-27-9-5-19-18(6-12-30-19)22(27)16-3-1-4-17(24)13-16/h1,3-4,6,12-13,22H,2,5,7-11,14-15H2. The molecule has 0 spiro atoms. The van der Waals surface area contributed by atoms with Crippen LogP contribution in [0.15, 0.2) is 35.7 Å². The maximum Gasteiger partial charge on any atom is 0.237 e. The van der Waals surface area contributed by atoms with Crippen LogP contribution in [0.2, 0.25) is 0 Å². The van der Waals surface area contributed by atoms with Crippen molar-refractivity contribution in [1.82, 2.24) is 14.7 Å². The molecular weight excluding hydrogens is 425 g/mol. The fourth-order valence-corrected chi connectivity index (χ4v) is 5.45. The van der Waals surface area contributed by atoms with E-state index in [9.17, 15) is 14.0 Å². The fourth-order valence-electron chi connectivity index (χ4n) is 4.38. The molecule has 5 nitrogen and oxygen atoms in total. The lowest BCUT2D eigenvalue weighted by Crippen LogP contribution is -2.45. The van der Waals surface area contributed by atoms with Gasteiger partial charge in [0.2, 0.25) is 11.8 Å². The second-order valence-corrected chi connectivity index (χ2v) is 8.99. The summed E-state index contributed by atoms with van der Waals surface area (Å²) in [6, 6.07) is 8.63. The predicted molar refractivity (Wildman–Crippen MR) is 116 cm³/mol. The number of nitrogens with zero attached hydrogens (tertiary/aromatic N) is 3. The van der Waals surface area contributed by atoms with Gasteiger partial charge in [-0.15, -0.1) is 22.9 Å². The Hall–Kier alpha value is -1.96. The Balaban J connectivity index is 1.50. The van der Waals surface area contributed by atoms with Crippen LogP contribution in [0.5, 0.6) is 0 Å². The van der Waals surface area contributed by atoms with Gasteiger partial charge in [0.1, 0.15) is 11.7 Å². The minimum absolute atomic E-state index is 0.0278. The molecule has 1 unspecified atom stereocenters. The number of halogens is 2. The molecule has 3 heterocycles. The van der Waals surface area contributed by atoms with Gasteiger partial charge in [-0.1, -0.05) is 12.1 Å². The highest BCUT2D eigenvalue weighted by Crippen LogP contribution is 2.37. The van der Waals surface area contributed by atoms with E-state index in [4.69, 9.17) is 11.6 Å². The van der Waals surface area contributed by atoms with Crippen molar-refractivity contribution >= 4 is 34.8 Å². The first-order valence-corrected chi connectivity index (χ1v) is 11.7. The van der Waals surface area contributed by atoms with E-state index in [2.05, 4.69) is 16.3 Å². The number of hydrogen-bond donors (Lipinski definition) is 0. The third kappa shape index (κ3) is 4.53. The first-order valence-electron chi connectivity index (χ1n) is 10.2. The van der Waals surface area contributed by atoms with Gasteiger partial charge in [-0.3, -0.25) is 14.5 Å².